The number of rotatable bonds is 4. The molecule has 9 heteroatoms. The van der Waals surface area contributed by atoms with E-state index in [-0.39, 0.29) is 30.9 Å². The topological polar surface area (TPSA) is 105 Å². The molecule has 4 rings (SSSR count). The zero-order chi connectivity index (χ0) is 22.8. The van der Waals surface area contributed by atoms with E-state index in [1.807, 2.05) is 0 Å². The predicted molar refractivity (Wildman–Crippen MR) is 117 cm³/mol. The summed E-state index contributed by atoms with van der Waals surface area (Å²) in [5, 5.41) is 12.4. The van der Waals surface area contributed by atoms with Gasteiger partial charge in [0.1, 0.15) is 18.5 Å². The molecule has 168 valence electrons. The van der Waals surface area contributed by atoms with Gasteiger partial charge in [0.2, 0.25) is 0 Å². The Bertz CT molecular complexity index is 1040. The third kappa shape index (κ3) is 4.71. The van der Waals surface area contributed by atoms with Gasteiger partial charge in [-0.25, -0.2) is 0 Å². The number of carbonyl (C=O) groups is 3. The van der Waals surface area contributed by atoms with E-state index in [4.69, 9.17) is 26.2 Å². The Morgan fingerprint density at radius 2 is 1.94 bits per heavy atom. The Balaban J connectivity index is 1.53. The number of hydrogen-bond donors (Lipinski definition) is 2. The summed E-state index contributed by atoms with van der Waals surface area (Å²) in [7, 11) is 1.70. The highest BCUT2D eigenvalue weighted by atomic mass is 35.5. The highest BCUT2D eigenvalue weighted by Crippen LogP contribution is 2.32. The fourth-order valence-corrected chi connectivity index (χ4v) is 4.23. The van der Waals surface area contributed by atoms with Gasteiger partial charge < -0.3 is 24.8 Å². The SMILES string of the molecule is CN1C(=O)c2cc(NC(=O)c3ccc(Cl)cc3)ccc2OC[C@H]2O[C@@H](CC(=O)O)CC[C@H]21. The van der Waals surface area contributed by atoms with E-state index in [2.05, 4.69) is 5.32 Å². The van der Waals surface area contributed by atoms with Gasteiger partial charge in [-0.1, -0.05) is 11.6 Å². The number of carboxylic acid groups (broad SMARTS) is 1. The molecule has 2 amide bonds. The van der Waals surface area contributed by atoms with E-state index < -0.39 is 18.2 Å². The summed E-state index contributed by atoms with van der Waals surface area (Å²) in [4.78, 5) is 38.4. The van der Waals surface area contributed by atoms with Gasteiger partial charge in [-0.2, -0.15) is 0 Å². The number of nitrogens with zero attached hydrogens (tertiary/aromatic N) is 1. The van der Waals surface area contributed by atoms with Crippen molar-refractivity contribution < 1.29 is 29.0 Å². The van der Waals surface area contributed by atoms with Gasteiger partial charge in [-0.05, 0) is 55.3 Å². The number of carboxylic acids is 1. The summed E-state index contributed by atoms with van der Waals surface area (Å²) in [6.45, 7) is 0.196. The average molecular weight is 459 g/mol. The van der Waals surface area contributed by atoms with E-state index in [1.165, 1.54) is 0 Å². The van der Waals surface area contributed by atoms with Crippen molar-refractivity contribution in [3.8, 4) is 5.75 Å². The van der Waals surface area contributed by atoms with Crippen molar-refractivity contribution in [3.05, 3.63) is 58.6 Å². The fraction of sp³-hybridized carbons (Fsp3) is 0.348. The average Bonchev–Trinajstić information content (AvgIpc) is 2.76. The third-order valence-corrected chi connectivity index (χ3v) is 6.03. The van der Waals surface area contributed by atoms with Gasteiger partial charge in [0, 0.05) is 23.3 Å². The van der Waals surface area contributed by atoms with Crippen molar-refractivity contribution in [2.45, 2.75) is 37.5 Å². The Hall–Kier alpha value is -3.10. The molecule has 0 aliphatic carbocycles. The number of anilines is 1. The lowest BCUT2D eigenvalue weighted by atomic mass is 9.94. The Morgan fingerprint density at radius 1 is 1.19 bits per heavy atom. The summed E-state index contributed by atoms with van der Waals surface area (Å²) < 4.78 is 11.8. The lowest BCUT2D eigenvalue weighted by molar-refractivity contribution is -0.148. The second-order valence-electron chi connectivity index (χ2n) is 7.94. The van der Waals surface area contributed by atoms with Crippen molar-refractivity contribution in [3.63, 3.8) is 0 Å². The van der Waals surface area contributed by atoms with Gasteiger partial charge in [0.05, 0.1) is 24.1 Å². The third-order valence-electron chi connectivity index (χ3n) is 5.78. The maximum Gasteiger partial charge on any atom is 0.305 e. The van der Waals surface area contributed by atoms with Gasteiger partial charge in [-0.15, -0.1) is 0 Å². The standard InChI is InChI=1S/C23H23ClN2O6/c1-26-18-8-7-16(11-21(27)28)32-20(18)12-31-19-9-6-15(10-17(19)23(26)30)25-22(29)13-2-4-14(24)5-3-13/h2-6,9-10,16,18,20H,7-8,11-12H2,1H3,(H,25,29)(H,27,28)/t16-,18-,20-/m1/s1. The Morgan fingerprint density at radius 3 is 2.66 bits per heavy atom. The molecular weight excluding hydrogens is 436 g/mol. The van der Waals surface area contributed by atoms with Gasteiger partial charge in [0.15, 0.2) is 0 Å². The Labute approximate surface area is 190 Å². The zero-order valence-corrected chi connectivity index (χ0v) is 18.2. The minimum atomic E-state index is -0.914. The van der Waals surface area contributed by atoms with Crippen LogP contribution in [0.4, 0.5) is 5.69 Å². The quantitative estimate of drug-likeness (QED) is 0.727. The predicted octanol–water partition coefficient (Wildman–Crippen LogP) is 3.45. The van der Waals surface area contributed by atoms with Gasteiger partial charge >= 0.3 is 5.97 Å². The maximum absolute atomic E-state index is 13.2. The first-order valence-corrected chi connectivity index (χ1v) is 10.7. The molecule has 0 unspecified atom stereocenters. The number of likely N-dealkylation sites (N-methyl/N-ethyl adjacent to an activating group) is 1. The monoisotopic (exact) mass is 458 g/mol. The molecule has 2 aliphatic heterocycles. The van der Waals surface area contributed by atoms with E-state index in [0.717, 1.165) is 0 Å². The van der Waals surface area contributed by atoms with Crippen LogP contribution in [0.1, 0.15) is 40.0 Å². The first-order chi connectivity index (χ1) is 15.3. The molecule has 3 atom stereocenters. The summed E-state index contributed by atoms with van der Waals surface area (Å²) in [5.74, 6) is -1.10. The van der Waals surface area contributed by atoms with E-state index in [0.29, 0.717) is 40.4 Å². The normalized spacial score (nSPS) is 22.6. The lowest BCUT2D eigenvalue weighted by Gasteiger charge is -2.42. The van der Waals surface area contributed by atoms with Crippen LogP contribution in [0.15, 0.2) is 42.5 Å². The molecule has 2 aromatic rings. The number of carbonyl (C=O) groups excluding carboxylic acids is 2. The molecule has 2 aromatic carbocycles. The molecule has 2 N–H and O–H groups in total. The molecule has 32 heavy (non-hydrogen) atoms. The van der Waals surface area contributed by atoms with Crippen LogP contribution in [-0.2, 0) is 9.53 Å². The largest absolute Gasteiger partial charge is 0.490 e. The number of fused-ring (bicyclic) bond motifs is 2. The van der Waals surface area contributed by atoms with Crippen molar-refractivity contribution in [1.29, 1.82) is 0 Å². The number of nitrogens with one attached hydrogen (secondary N) is 1. The maximum atomic E-state index is 13.2. The number of halogens is 1. The number of hydrogen-bond acceptors (Lipinski definition) is 5. The van der Waals surface area contributed by atoms with Crippen LogP contribution in [-0.4, -0.2) is 59.7 Å². The minimum Gasteiger partial charge on any atom is -0.490 e. The molecule has 2 aliphatic rings. The number of aliphatic carboxylic acids is 1. The van der Waals surface area contributed by atoms with Crippen molar-refractivity contribution >= 4 is 35.1 Å². The highest BCUT2D eigenvalue weighted by molar-refractivity contribution is 6.30. The summed E-state index contributed by atoms with van der Waals surface area (Å²) in [6.07, 6.45) is 0.282. The van der Waals surface area contributed by atoms with Crippen LogP contribution < -0.4 is 10.1 Å². The molecule has 8 nitrogen and oxygen atoms in total. The molecule has 0 aromatic heterocycles. The summed E-state index contributed by atoms with van der Waals surface area (Å²) >= 11 is 5.87. The first kappa shape index (κ1) is 22.1. The van der Waals surface area contributed by atoms with E-state index in [9.17, 15) is 14.4 Å². The molecule has 0 radical (unpaired) electrons. The Kier molecular flexibility index (Phi) is 6.34. The van der Waals surface area contributed by atoms with E-state index >= 15 is 0 Å². The van der Waals surface area contributed by atoms with Crippen LogP contribution in [0.5, 0.6) is 5.75 Å². The smallest absolute Gasteiger partial charge is 0.305 e. The number of benzene rings is 2. The van der Waals surface area contributed by atoms with Crippen molar-refractivity contribution in [2.24, 2.45) is 0 Å². The second-order valence-corrected chi connectivity index (χ2v) is 8.37. The molecular formula is C23H23ClN2O6. The summed E-state index contributed by atoms with van der Waals surface area (Å²) in [6, 6.07) is 11.2. The van der Waals surface area contributed by atoms with Crippen LogP contribution in [0.3, 0.4) is 0 Å². The highest BCUT2D eigenvalue weighted by Gasteiger charge is 2.39. The zero-order valence-electron chi connectivity index (χ0n) is 17.4. The molecule has 1 saturated heterocycles. The molecule has 0 bridgehead atoms. The number of ether oxygens (including phenoxy) is 2. The fourth-order valence-electron chi connectivity index (χ4n) is 4.10. The van der Waals surface area contributed by atoms with Crippen LogP contribution in [0, 0.1) is 0 Å². The minimum absolute atomic E-state index is 0.0753. The first-order valence-electron chi connectivity index (χ1n) is 10.3. The van der Waals surface area contributed by atoms with Crippen molar-refractivity contribution in [2.75, 3.05) is 19.0 Å². The van der Waals surface area contributed by atoms with Gasteiger partial charge in [-0.3, -0.25) is 14.4 Å². The summed E-state index contributed by atoms with van der Waals surface area (Å²) in [5.41, 5.74) is 1.25. The van der Waals surface area contributed by atoms with Crippen LogP contribution in [0.2, 0.25) is 5.02 Å². The van der Waals surface area contributed by atoms with E-state index in [1.54, 1.807) is 54.4 Å². The van der Waals surface area contributed by atoms with Gasteiger partial charge in [0.25, 0.3) is 11.8 Å². The second kappa shape index (κ2) is 9.18. The molecule has 0 spiro atoms. The molecule has 1 fully saturated rings. The molecule has 2 heterocycles. The van der Waals surface area contributed by atoms with Crippen molar-refractivity contribution in [1.82, 2.24) is 4.90 Å². The van der Waals surface area contributed by atoms with Crippen LogP contribution >= 0.6 is 11.6 Å². The van der Waals surface area contributed by atoms with Crippen LogP contribution in [0.25, 0.3) is 0 Å². The lowest BCUT2D eigenvalue weighted by Crippen LogP contribution is -2.53. The number of amides is 2. The molecule has 0 saturated carbocycles.